The molecule has 0 N–H and O–H groups in total. The molecule has 0 radical (unpaired) electrons. The van der Waals surface area contributed by atoms with Gasteiger partial charge in [-0.25, -0.2) is 9.37 Å². The van der Waals surface area contributed by atoms with E-state index in [0.717, 1.165) is 30.6 Å². The number of nitrogens with zero attached hydrogens (tertiary/aromatic N) is 3. The van der Waals surface area contributed by atoms with E-state index in [1.807, 2.05) is 30.3 Å². The van der Waals surface area contributed by atoms with E-state index < -0.39 is 5.82 Å². The normalized spacial score (nSPS) is 16.3. The molecule has 1 fully saturated rings. The van der Waals surface area contributed by atoms with Gasteiger partial charge in [-0.3, -0.25) is 4.79 Å². The molecule has 6 nitrogen and oxygen atoms in total. The largest absolute Gasteiger partial charge is 0.443 e. The van der Waals surface area contributed by atoms with E-state index >= 15 is 0 Å². The molecule has 5 rings (SSSR count). The summed E-state index contributed by atoms with van der Waals surface area (Å²) in [4.78, 5) is 19.4. The first kappa shape index (κ1) is 20.2. The average Bonchev–Trinajstić information content (AvgIpc) is 3.50. The summed E-state index contributed by atoms with van der Waals surface area (Å²) in [7, 11) is 0. The van der Waals surface area contributed by atoms with Gasteiger partial charge in [0.15, 0.2) is 0 Å². The van der Waals surface area contributed by atoms with Crippen LogP contribution in [0.15, 0.2) is 75.8 Å². The maximum Gasteiger partial charge on any atom is 0.293 e. The Morgan fingerprint density at radius 3 is 2.75 bits per heavy atom. The Morgan fingerprint density at radius 1 is 1.09 bits per heavy atom. The summed E-state index contributed by atoms with van der Waals surface area (Å²) in [5, 5.41) is 3.91. The highest BCUT2D eigenvalue weighted by atomic mass is 19.1. The molecular weight excluding hydrogens is 409 g/mol. The number of rotatable bonds is 5. The summed E-state index contributed by atoms with van der Waals surface area (Å²) in [6.45, 7) is 0.565. The number of piperidine rings is 1. The van der Waals surface area contributed by atoms with Crippen molar-refractivity contribution in [1.82, 2.24) is 15.0 Å². The van der Waals surface area contributed by atoms with Crippen LogP contribution >= 0.6 is 0 Å². The van der Waals surface area contributed by atoms with Gasteiger partial charge in [-0.2, -0.15) is 0 Å². The monoisotopic (exact) mass is 431 g/mol. The lowest BCUT2D eigenvalue weighted by Gasteiger charge is -2.32. The Bertz CT molecular complexity index is 1220. The summed E-state index contributed by atoms with van der Waals surface area (Å²) in [5.41, 5.74) is 1.72. The van der Waals surface area contributed by atoms with Crippen molar-refractivity contribution in [2.24, 2.45) is 0 Å². The minimum absolute atomic E-state index is 0.0752. The van der Waals surface area contributed by atoms with Gasteiger partial charge in [-0.05, 0) is 37.0 Å². The highest BCUT2D eigenvalue weighted by molar-refractivity contribution is 5.92. The number of hydrogen-bond donors (Lipinski definition) is 0. The topological polar surface area (TPSA) is 72.4 Å². The van der Waals surface area contributed by atoms with Gasteiger partial charge in [-0.1, -0.05) is 47.6 Å². The summed E-state index contributed by atoms with van der Waals surface area (Å²) >= 11 is 0. The molecule has 1 atom stereocenters. The zero-order valence-corrected chi connectivity index (χ0v) is 17.4. The van der Waals surface area contributed by atoms with Crippen LogP contribution in [0.1, 0.15) is 53.1 Å². The fourth-order valence-corrected chi connectivity index (χ4v) is 4.10. The maximum absolute atomic E-state index is 14.1. The summed E-state index contributed by atoms with van der Waals surface area (Å²) < 4.78 is 25.4. The second-order valence-corrected chi connectivity index (χ2v) is 7.89. The van der Waals surface area contributed by atoms with E-state index in [-0.39, 0.29) is 17.7 Å². The standard InChI is InChI=1S/C25H22FN3O3/c26-20-11-5-4-10-19(20)21-15-23(32-28-21)25(30)29-13-7-6-12-22(29)24-27-16-18(31-24)14-17-8-2-1-3-9-17/h1-5,8-11,15-16,22H,6-7,12-14H2. The smallest absolute Gasteiger partial charge is 0.293 e. The van der Waals surface area contributed by atoms with Crippen molar-refractivity contribution < 1.29 is 18.1 Å². The van der Waals surface area contributed by atoms with Gasteiger partial charge >= 0.3 is 0 Å². The lowest BCUT2D eigenvalue weighted by molar-refractivity contribution is 0.0528. The highest BCUT2D eigenvalue weighted by Gasteiger charge is 2.34. The van der Waals surface area contributed by atoms with E-state index in [4.69, 9.17) is 8.94 Å². The van der Waals surface area contributed by atoms with Gasteiger partial charge in [0, 0.05) is 24.6 Å². The highest BCUT2D eigenvalue weighted by Crippen LogP contribution is 2.33. The van der Waals surface area contributed by atoms with E-state index in [1.54, 1.807) is 29.3 Å². The molecule has 162 valence electrons. The van der Waals surface area contributed by atoms with Crippen LogP contribution in [0.2, 0.25) is 0 Å². The second kappa shape index (κ2) is 8.78. The van der Waals surface area contributed by atoms with Crippen LogP contribution in [0.5, 0.6) is 0 Å². The number of benzene rings is 2. The molecule has 1 aliphatic heterocycles. The van der Waals surface area contributed by atoms with Gasteiger partial charge < -0.3 is 13.8 Å². The molecule has 1 aliphatic rings. The number of amides is 1. The molecule has 32 heavy (non-hydrogen) atoms. The van der Waals surface area contributed by atoms with Crippen LogP contribution in [0.4, 0.5) is 4.39 Å². The lowest BCUT2D eigenvalue weighted by Crippen LogP contribution is -2.38. The number of carbonyl (C=O) groups excluding carboxylic acids is 1. The fraction of sp³-hybridized carbons (Fsp3) is 0.240. The minimum Gasteiger partial charge on any atom is -0.443 e. The Hall–Kier alpha value is -3.74. The summed E-state index contributed by atoms with van der Waals surface area (Å²) in [5.74, 6) is 0.642. The molecule has 4 aromatic rings. The van der Waals surface area contributed by atoms with Crippen LogP contribution in [0.3, 0.4) is 0 Å². The van der Waals surface area contributed by atoms with Crippen molar-refractivity contribution in [3.05, 3.63) is 95.7 Å². The molecule has 1 amide bonds. The molecule has 2 aromatic heterocycles. The molecule has 0 spiro atoms. The third-order valence-corrected chi connectivity index (χ3v) is 5.71. The van der Waals surface area contributed by atoms with Crippen LogP contribution < -0.4 is 0 Å². The maximum atomic E-state index is 14.1. The number of likely N-dealkylation sites (tertiary alicyclic amines) is 1. The second-order valence-electron chi connectivity index (χ2n) is 7.89. The number of halogens is 1. The quantitative estimate of drug-likeness (QED) is 0.421. The first-order valence-electron chi connectivity index (χ1n) is 10.7. The third-order valence-electron chi connectivity index (χ3n) is 5.71. The minimum atomic E-state index is -0.415. The van der Waals surface area contributed by atoms with E-state index in [9.17, 15) is 9.18 Å². The number of oxazole rings is 1. The Morgan fingerprint density at radius 2 is 1.91 bits per heavy atom. The number of hydrogen-bond acceptors (Lipinski definition) is 5. The predicted molar refractivity (Wildman–Crippen MR) is 115 cm³/mol. The molecule has 0 saturated carbocycles. The molecule has 0 bridgehead atoms. The van der Waals surface area contributed by atoms with Crippen molar-refractivity contribution in [3.63, 3.8) is 0 Å². The van der Waals surface area contributed by atoms with Gasteiger partial charge in [0.2, 0.25) is 11.7 Å². The van der Waals surface area contributed by atoms with Crippen molar-refractivity contribution >= 4 is 5.91 Å². The van der Waals surface area contributed by atoms with Crippen molar-refractivity contribution in [3.8, 4) is 11.3 Å². The van der Waals surface area contributed by atoms with E-state index in [0.29, 0.717) is 30.1 Å². The van der Waals surface area contributed by atoms with E-state index in [1.165, 1.54) is 12.1 Å². The van der Waals surface area contributed by atoms with Crippen LogP contribution in [-0.2, 0) is 6.42 Å². The van der Waals surface area contributed by atoms with Gasteiger partial charge in [0.05, 0.1) is 6.20 Å². The first-order valence-corrected chi connectivity index (χ1v) is 10.7. The van der Waals surface area contributed by atoms with Crippen LogP contribution in [0.25, 0.3) is 11.3 Å². The van der Waals surface area contributed by atoms with Crippen molar-refractivity contribution in [2.75, 3.05) is 6.54 Å². The van der Waals surface area contributed by atoms with E-state index in [2.05, 4.69) is 10.1 Å². The molecular formula is C25H22FN3O3. The summed E-state index contributed by atoms with van der Waals surface area (Å²) in [6.07, 6.45) is 4.98. The molecule has 2 aromatic carbocycles. The molecule has 3 heterocycles. The number of carbonyl (C=O) groups is 1. The molecule has 1 unspecified atom stereocenters. The fourth-order valence-electron chi connectivity index (χ4n) is 4.10. The SMILES string of the molecule is O=C(c1cc(-c2ccccc2F)no1)N1CCCCC1c1ncc(Cc2ccccc2)o1. The number of aromatic nitrogens is 2. The van der Waals surface area contributed by atoms with Crippen LogP contribution in [-0.4, -0.2) is 27.5 Å². The molecule has 0 aliphatic carbocycles. The Balaban J connectivity index is 1.36. The predicted octanol–water partition coefficient (Wildman–Crippen LogP) is 5.43. The Kier molecular flexibility index (Phi) is 5.54. The lowest BCUT2D eigenvalue weighted by atomic mass is 10.0. The van der Waals surface area contributed by atoms with Gasteiger partial charge in [0.25, 0.3) is 5.91 Å². The van der Waals surface area contributed by atoms with Crippen molar-refractivity contribution in [1.29, 1.82) is 0 Å². The zero-order valence-electron chi connectivity index (χ0n) is 17.4. The zero-order chi connectivity index (χ0) is 21.9. The van der Waals surface area contributed by atoms with Crippen molar-refractivity contribution in [2.45, 2.75) is 31.7 Å². The van der Waals surface area contributed by atoms with Gasteiger partial charge in [0.1, 0.15) is 23.3 Å². The summed E-state index contributed by atoms with van der Waals surface area (Å²) in [6, 6.07) is 17.5. The first-order chi connectivity index (χ1) is 15.7. The molecule has 1 saturated heterocycles. The van der Waals surface area contributed by atoms with Gasteiger partial charge in [-0.15, -0.1) is 0 Å². The molecule has 7 heteroatoms. The third kappa shape index (κ3) is 4.06. The van der Waals surface area contributed by atoms with Crippen LogP contribution in [0, 0.1) is 5.82 Å². The average molecular weight is 431 g/mol. The Labute approximate surface area is 184 Å².